The van der Waals surface area contributed by atoms with Crippen LogP contribution in [0.5, 0.6) is 0 Å². The molecular weight excluding hydrogens is 445 g/mol. The van der Waals surface area contributed by atoms with Crippen LogP contribution < -0.4 is 5.32 Å². The minimum atomic E-state index is -0.447. The van der Waals surface area contributed by atoms with Crippen LogP contribution in [0.4, 0.5) is 4.39 Å². The summed E-state index contributed by atoms with van der Waals surface area (Å²) in [6, 6.07) is 18.2. The molecule has 0 spiro atoms. The molecule has 160 valence electrons. The van der Waals surface area contributed by atoms with Crippen molar-refractivity contribution in [1.82, 2.24) is 24.8 Å². The second-order valence-corrected chi connectivity index (χ2v) is 8.31. The maximum Gasteiger partial charge on any atom is 0.170 e. The van der Waals surface area contributed by atoms with Crippen molar-refractivity contribution in [3.05, 3.63) is 113 Å². The van der Waals surface area contributed by atoms with Gasteiger partial charge in [-0.05, 0) is 66.3 Å². The van der Waals surface area contributed by atoms with Gasteiger partial charge < -0.3 is 14.8 Å². The lowest BCUT2D eigenvalue weighted by molar-refractivity contribution is 0.302. The van der Waals surface area contributed by atoms with Crippen molar-refractivity contribution in [1.29, 1.82) is 0 Å². The molecular formula is C24H19ClFN5S. The summed E-state index contributed by atoms with van der Waals surface area (Å²) in [7, 11) is 0. The number of nitrogens with one attached hydrogen (secondary N) is 1. The van der Waals surface area contributed by atoms with Crippen LogP contribution in [0.1, 0.15) is 29.0 Å². The number of benzene rings is 1. The fourth-order valence-electron chi connectivity index (χ4n) is 4.09. The molecule has 1 aromatic carbocycles. The van der Waals surface area contributed by atoms with E-state index >= 15 is 0 Å². The van der Waals surface area contributed by atoms with Gasteiger partial charge in [0, 0.05) is 42.7 Å². The number of hydrogen-bond acceptors (Lipinski definition) is 3. The van der Waals surface area contributed by atoms with E-state index < -0.39 is 5.82 Å². The van der Waals surface area contributed by atoms with Crippen molar-refractivity contribution in [2.45, 2.75) is 18.6 Å². The summed E-state index contributed by atoms with van der Waals surface area (Å²) in [5, 5.41) is 4.17. The van der Waals surface area contributed by atoms with Crippen molar-refractivity contribution in [3.8, 4) is 5.69 Å². The van der Waals surface area contributed by atoms with E-state index in [1.165, 1.54) is 6.07 Å². The quantitative estimate of drug-likeness (QED) is 0.410. The predicted octanol–water partition coefficient (Wildman–Crippen LogP) is 5.23. The molecule has 0 saturated carbocycles. The van der Waals surface area contributed by atoms with Gasteiger partial charge in [0.15, 0.2) is 5.11 Å². The highest BCUT2D eigenvalue weighted by Crippen LogP contribution is 2.40. The van der Waals surface area contributed by atoms with Crippen LogP contribution in [0.3, 0.4) is 0 Å². The highest BCUT2D eigenvalue weighted by molar-refractivity contribution is 7.80. The molecule has 1 fully saturated rings. The standard InChI is InChI=1S/C24H19ClFN5S/c25-18-13-17(8-9-19(18)26)30-12-4-7-21(30)23-22(20-6-1-2-11-28-20)29-24(32)31(23)15-16-5-3-10-27-14-16/h1-14,22-23H,15H2,(H,29,32)/t22-,23-/m1/s1. The van der Waals surface area contributed by atoms with E-state index in [1.54, 1.807) is 24.5 Å². The Balaban J connectivity index is 1.61. The number of halogens is 2. The molecule has 32 heavy (non-hydrogen) atoms. The summed E-state index contributed by atoms with van der Waals surface area (Å²) in [6.45, 7) is 0.586. The topological polar surface area (TPSA) is 46.0 Å². The molecule has 2 atom stereocenters. The monoisotopic (exact) mass is 463 g/mol. The summed E-state index contributed by atoms with van der Waals surface area (Å²) in [5.74, 6) is -0.447. The average molecular weight is 464 g/mol. The van der Waals surface area contributed by atoms with E-state index in [0.717, 1.165) is 22.6 Å². The molecule has 0 amide bonds. The van der Waals surface area contributed by atoms with Crippen LogP contribution in [0.25, 0.3) is 5.69 Å². The normalized spacial score (nSPS) is 18.1. The highest BCUT2D eigenvalue weighted by Gasteiger charge is 2.41. The van der Waals surface area contributed by atoms with E-state index in [9.17, 15) is 4.39 Å². The van der Waals surface area contributed by atoms with Gasteiger partial charge in [-0.1, -0.05) is 23.7 Å². The summed E-state index contributed by atoms with van der Waals surface area (Å²) in [5.41, 5.74) is 3.69. The third-order valence-corrected chi connectivity index (χ3v) is 6.18. The SMILES string of the molecule is Fc1ccc(-n2cccc2[C@@H]2[C@@H](c3ccccn3)NC(=S)N2Cc2cccnc2)cc1Cl. The minimum Gasteiger partial charge on any atom is -0.352 e. The molecule has 8 heteroatoms. The van der Waals surface area contributed by atoms with Crippen molar-refractivity contribution in [2.75, 3.05) is 0 Å². The molecule has 1 saturated heterocycles. The lowest BCUT2D eigenvalue weighted by atomic mass is 10.0. The summed E-state index contributed by atoms with van der Waals surface area (Å²) >= 11 is 11.8. The van der Waals surface area contributed by atoms with Gasteiger partial charge in [-0.3, -0.25) is 9.97 Å². The highest BCUT2D eigenvalue weighted by atomic mass is 35.5. The van der Waals surface area contributed by atoms with Crippen molar-refractivity contribution >= 4 is 28.9 Å². The second kappa shape index (κ2) is 8.68. The Morgan fingerprint density at radius 3 is 2.72 bits per heavy atom. The first kappa shape index (κ1) is 20.6. The summed E-state index contributed by atoms with van der Waals surface area (Å²) < 4.78 is 15.8. The largest absolute Gasteiger partial charge is 0.352 e. The Morgan fingerprint density at radius 1 is 1.06 bits per heavy atom. The van der Waals surface area contributed by atoms with Gasteiger partial charge in [0.1, 0.15) is 5.82 Å². The molecule has 5 nitrogen and oxygen atoms in total. The molecule has 0 aliphatic carbocycles. The zero-order valence-electron chi connectivity index (χ0n) is 16.9. The van der Waals surface area contributed by atoms with Crippen LogP contribution in [-0.4, -0.2) is 24.5 Å². The number of hydrogen-bond donors (Lipinski definition) is 1. The molecule has 1 N–H and O–H groups in total. The molecule has 0 bridgehead atoms. The van der Waals surface area contributed by atoms with Crippen LogP contribution in [0.2, 0.25) is 5.02 Å². The Bertz CT molecular complexity index is 1250. The van der Waals surface area contributed by atoms with E-state index in [0.29, 0.717) is 11.7 Å². The van der Waals surface area contributed by atoms with Crippen molar-refractivity contribution in [3.63, 3.8) is 0 Å². The van der Waals surface area contributed by atoms with Crippen LogP contribution >= 0.6 is 23.8 Å². The molecule has 3 aromatic heterocycles. The number of nitrogens with zero attached hydrogens (tertiary/aromatic N) is 4. The lowest BCUT2D eigenvalue weighted by Crippen LogP contribution is -2.30. The van der Waals surface area contributed by atoms with Gasteiger partial charge in [0.05, 0.1) is 22.8 Å². The summed E-state index contributed by atoms with van der Waals surface area (Å²) in [6.07, 6.45) is 7.31. The number of rotatable bonds is 5. The molecule has 4 aromatic rings. The maximum absolute atomic E-state index is 13.8. The first-order chi connectivity index (χ1) is 15.6. The van der Waals surface area contributed by atoms with Crippen molar-refractivity contribution in [2.24, 2.45) is 0 Å². The zero-order valence-corrected chi connectivity index (χ0v) is 18.5. The zero-order chi connectivity index (χ0) is 22.1. The first-order valence-electron chi connectivity index (χ1n) is 10.1. The third kappa shape index (κ3) is 3.85. The van der Waals surface area contributed by atoms with Gasteiger partial charge in [-0.25, -0.2) is 4.39 Å². The number of thiocarbonyl (C=S) groups is 1. The number of aromatic nitrogens is 3. The Morgan fingerprint density at radius 2 is 1.97 bits per heavy atom. The minimum absolute atomic E-state index is 0.0794. The van der Waals surface area contributed by atoms with Crippen LogP contribution in [0.15, 0.2) is 85.5 Å². The molecule has 1 aliphatic rings. The average Bonchev–Trinajstić information content (AvgIpc) is 3.42. The van der Waals surface area contributed by atoms with Gasteiger partial charge in [0.2, 0.25) is 0 Å². The smallest absolute Gasteiger partial charge is 0.170 e. The third-order valence-electron chi connectivity index (χ3n) is 5.54. The first-order valence-corrected chi connectivity index (χ1v) is 10.9. The Labute approximate surface area is 195 Å². The van der Waals surface area contributed by atoms with Crippen molar-refractivity contribution < 1.29 is 4.39 Å². The molecule has 1 aliphatic heterocycles. The van der Waals surface area contributed by atoms with Crippen LogP contribution in [0, 0.1) is 5.82 Å². The van der Waals surface area contributed by atoms with Crippen LogP contribution in [-0.2, 0) is 6.54 Å². The fourth-order valence-corrected chi connectivity index (χ4v) is 4.57. The molecule has 5 rings (SSSR count). The molecule has 0 unspecified atom stereocenters. The van der Waals surface area contributed by atoms with Gasteiger partial charge in [-0.15, -0.1) is 0 Å². The molecule has 4 heterocycles. The Hall–Kier alpha value is -3.29. The maximum atomic E-state index is 13.8. The lowest BCUT2D eigenvalue weighted by Gasteiger charge is -2.29. The summed E-state index contributed by atoms with van der Waals surface area (Å²) in [4.78, 5) is 11.0. The van der Waals surface area contributed by atoms with E-state index in [1.807, 2.05) is 59.4 Å². The fraction of sp³-hybridized carbons (Fsp3) is 0.125. The second-order valence-electron chi connectivity index (χ2n) is 7.52. The van der Waals surface area contributed by atoms with E-state index in [-0.39, 0.29) is 17.1 Å². The van der Waals surface area contributed by atoms with Gasteiger partial charge >= 0.3 is 0 Å². The van der Waals surface area contributed by atoms with Gasteiger partial charge in [0.25, 0.3) is 0 Å². The molecule has 0 radical (unpaired) electrons. The number of pyridine rings is 2. The Kier molecular flexibility index (Phi) is 5.59. The van der Waals surface area contributed by atoms with Gasteiger partial charge in [-0.2, -0.15) is 0 Å². The van der Waals surface area contributed by atoms with E-state index in [4.69, 9.17) is 23.8 Å². The van der Waals surface area contributed by atoms with E-state index in [2.05, 4.69) is 20.2 Å². The predicted molar refractivity (Wildman–Crippen MR) is 126 cm³/mol.